The van der Waals surface area contributed by atoms with Crippen LogP contribution < -0.4 is 16.0 Å². The minimum Gasteiger partial charge on any atom is -0.386 e. The maximum atomic E-state index is 13.9. The first kappa shape index (κ1) is 39.7. The molecule has 0 radical (unpaired) electrons. The Morgan fingerprint density at radius 3 is 2.35 bits per heavy atom. The van der Waals surface area contributed by atoms with Gasteiger partial charge in [-0.25, -0.2) is 4.68 Å². The normalized spacial score (nSPS) is 17.3. The third-order valence-corrected chi connectivity index (χ3v) is 9.08. The summed E-state index contributed by atoms with van der Waals surface area (Å²) in [6.07, 6.45) is -1.66. The molecule has 3 atom stereocenters. The van der Waals surface area contributed by atoms with E-state index in [2.05, 4.69) is 38.9 Å². The van der Waals surface area contributed by atoms with Crippen molar-refractivity contribution in [3.63, 3.8) is 0 Å². The third kappa shape index (κ3) is 10.7. The number of nitrogens with one attached hydrogen (secondary N) is 3. The Balaban J connectivity index is 0.000000585. The van der Waals surface area contributed by atoms with Gasteiger partial charge >= 0.3 is 6.18 Å². The zero-order valence-corrected chi connectivity index (χ0v) is 30.4. The number of rotatable bonds is 11. The number of aromatic nitrogens is 2. The van der Waals surface area contributed by atoms with E-state index in [1.807, 2.05) is 44.4 Å². The quantitative estimate of drug-likeness (QED) is 0.0669. The van der Waals surface area contributed by atoms with Crippen molar-refractivity contribution in [3.8, 4) is 11.8 Å². The molecule has 1 aromatic heterocycles. The molecule has 274 valence electrons. The van der Waals surface area contributed by atoms with Crippen molar-refractivity contribution in [1.82, 2.24) is 25.3 Å². The fourth-order valence-electron chi connectivity index (χ4n) is 6.06. The third-order valence-electron chi connectivity index (χ3n) is 8.45. The summed E-state index contributed by atoms with van der Waals surface area (Å²) in [5.74, 6) is -0.845. The van der Waals surface area contributed by atoms with Gasteiger partial charge in [-0.1, -0.05) is 31.2 Å². The van der Waals surface area contributed by atoms with Crippen LogP contribution in [-0.4, -0.2) is 67.3 Å². The van der Waals surface area contributed by atoms with E-state index in [0.29, 0.717) is 28.8 Å². The second-order valence-electron chi connectivity index (χ2n) is 12.5. The largest absolute Gasteiger partial charge is 0.416 e. The molecule has 0 saturated heterocycles. The Hall–Kier alpha value is -5.10. The van der Waals surface area contributed by atoms with Gasteiger partial charge < -0.3 is 25.0 Å². The molecule has 1 saturated carbocycles. The fraction of sp³-hybridized carbons (Fsp3) is 0.316. The molecule has 0 bridgehead atoms. The summed E-state index contributed by atoms with van der Waals surface area (Å²) in [6.45, 7) is 2.99. The molecule has 0 spiro atoms. The molecule has 1 aliphatic carbocycles. The number of alkyl halides is 3. The lowest BCUT2D eigenvalue weighted by atomic mass is 9.98. The molecular weight excluding hydrogens is 692 g/mol. The van der Waals surface area contributed by atoms with Crippen molar-refractivity contribution in [3.05, 3.63) is 114 Å². The highest BCUT2D eigenvalue weighted by atomic mass is 32.2. The summed E-state index contributed by atoms with van der Waals surface area (Å²) < 4.78 is 46.4. The number of carbonyl (C=O) groups is 2. The topological polar surface area (TPSA) is 124 Å². The lowest BCUT2D eigenvalue weighted by Gasteiger charge is -2.20. The fourth-order valence-corrected chi connectivity index (χ4v) is 6.52. The van der Waals surface area contributed by atoms with Crippen molar-refractivity contribution in [2.75, 3.05) is 40.1 Å². The molecule has 10 nitrogen and oxygen atoms in total. The monoisotopic (exact) mass is 733 g/mol. The van der Waals surface area contributed by atoms with E-state index in [9.17, 15) is 22.8 Å². The van der Waals surface area contributed by atoms with E-state index in [4.69, 9.17) is 9.44 Å². The lowest BCUT2D eigenvalue weighted by molar-refractivity contribution is -0.137. The molecule has 52 heavy (non-hydrogen) atoms. The minimum absolute atomic E-state index is 0.110. The van der Waals surface area contributed by atoms with E-state index in [-0.39, 0.29) is 23.0 Å². The highest BCUT2D eigenvalue weighted by molar-refractivity contribution is 7.94. The van der Waals surface area contributed by atoms with Gasteiger partial charge in [0.2, 0.25) is 0 Å². The average molecular weight is 734 g/mol. The van der Waals surface area contributed by atoms with Crippen LogP contribution in [0, 0.1) is 23.2 Å². The van der Waals surface area contributed by atoms with E-state index in [1.165, 1.54) is 35.1 Å². The molecule has 4 aromatic rings. The predicted molar refractivity (Wildman–Crippen MR) is 196 cm³/mol. The Kier molecular flexibility index (Phi) is 14.0. The molecule has 3 N–H and O–H groups in total. The van der Waals surface area contributed by atoms with Crippen molar-refractivity contribution < 1.29 is 26.9 Å². The second-order valence-corrected chi connectivity index (χ2v) is 13.5. The van der Waals surface area contributed by atoms with Gasteiger partial charge in [-0.05, 0) is 99.4 Å². The lowest BCUT2D eigenvalue weighted by Crippen LogP contribution is -2.39. The number of hydrogen-bond donors (Lipinski definition) is 3. The molecule has 0 aliphatic heterocycles. The van der Waals surface area contributed by atoms with Crippen molar-refractivity contribution in [2.24, 2.45) is 11.8 Å². The molecule has 1 fully saturated rings. The summed E-state index contributed by atoms with van der Waals surface area (Å²) in [6, 6.07) is 24.3. The molecule has 1 heterocycles. The molecule has 14 heteroatoms. The molecule has 1 aliphatic rings. The minimum atomic E-state index is -4.61. The average Bonchev–Trinajstić information content (AvgIpc) is 3.73. The maximum Gasteiger partial charge on any atom is 0.416 e. The number of benzene rings is 3. The predicted octanol–water partition coefficient (Wildman–Crippen LogP) is 6.76. The second kappa shape index (κ2) is 18.4. The van der Waals surface area contributed by atoms with Crippen LogP contribution in [0.2, 0.25) is 0 Å². The number of halogens is 3. The van der Waals surface area contributed by atoms with E-state index >= 15 is 0 Å². The van der Waals surface area contributed by atoms with Gasteiger partial charge in [0.15, 0.2) is 0 Å². The highest BCUT2D eigenvalue weighted by Crippen LogP contribution is 2.33. The Morgan fingerprint density at radius 1 is 1.02 bits per heavy atom. The summed E-state index contributed by atoms with van der Waals surface area (Å²) in [5.41, 5.74) is 0.156. The summed E-state index contributed by atoms with van der Waals surface area (Å²) in [4.78, 5) is 30.9. The van der Waals surface area contributed by atoms with E-state index < -0.39 is 23.6 Å². The van der Waals surface area contributed by atoms with Gasteiger partial charge in [-0.2, -0.15) is 23.5 Å². The molecule has 3 unspecified atom stereocenters. The van der Waals surface area contributed by atoms with Gasteiger partial charge in [0, 0.05) is 42.3 Å². The van der Waals surface area contributed by atoms with Gasteiger partial charge in [-0.15, -0.1) is 0 Å². The van der Waals surface area contributed by atoms with Crippen LogP contribution in [0.15, 0.2) is 102 Å². The van der Waals surface area contributed by atoms with Crippen molar-refractivity contribution >= 4 is 35.2 Å². The summed E-state index contributed by atoms with van der Waals surface area (Å²) >= 11 is 1.38. The highest BCUT2D eigenvalue weighted by Gasteiger charge is 2.35. The summed E-state index contributed by atoms with van der Waals surface area (Å²) in [7, 11) is 7.19. The van der Waals surface area contributed by atoms with Crippen LogP contribution >= 0.6 is 12.0 Å². The number of anilines is 1. The van der Waals surface area contributed by atoms with Gasteiger partial charge in [-0.3, -0.25) is 9.59 Å². The number of nitrogens with zero attached hydrogens (tertiary/aromatic N) is 4. The Morgan fingerprint density at radius 2 is 1.73 bits per heavy atom. The molecule has 5 rings (SSSR count). The van der Waals surface area contributed by atoms with Crippen molar-refractivity contribution in [1.29, 1.82) is 5.26 Å². The summed E-state index contributed by atoms with van der Waals surface area (Å²) in [5, 5.41) is 22.0. The number of nitriles is 1. The standard InChI is InChI=1S/C31H34F3N7O2.C7H8OS/c1-19-14-24(15-21(19)18-40(3)4)39-30(43)27(29(42)38-23-7-5-6-22(16-23)31(32,33)34)28(36-2)26-12-13-37-41(26)25-10-8-20(17-35)9-11-25;1-8-9-7-5-3-2-4-6-7/h5-13,16,19,21,24,36H,14-15,18H2,1-4H3,(H,38,42)(H,39,43);2-6H,1H3/b28-27+;. The van der Waals surface area contributed by atoms with Crippen LogP contribution in [0.1, 0.15) is 36.6 Å². The van der Waals surface area contributed by atoms with Crippen LogP contribution in [-0.2, 0) is 19.9 Å². The van der Waals surface area contributed by atoms with Crippen LogP contribution in [0.4, 0.5) is 18.9 Å². The van der Waals surface area contributed by atoms with Crippen molar-refractivity contribution in [2.45, 2.75) is 36.9 Å². The number of hydrogen-bond acceptors (Lipinski definition) is 8. The number of carbonyl (C=O) groups excluding carboxylic acids is 2. The molecule has 3 aromatic carbocycles. The first-order chi connectivity index (χ1) is 24.8. The maximum absolute atomic E-state index is 13.9. The zero-order valence-electron chi connectivity index (χ0n) is 29.6. The van der Waals surface area contributed by atoms with Crippen LogP contribution in [0.5, 0.6) is 0 Å². The van der Waals surface area contributed by atoms with E-state index in [0.717, 1.165) is 36.4 Å². The van der Waals surface area contributed by atoms with Crippen LogP contribution in [0.25, 0.3) is 11.4 Å². The van der Waals surface area contributed by atoms with Gasteiger partial charge in [0.25, 0.3) is 11.8 Å². The van der Waals surface area contributed by atoms with Crippen LogP contribution in [0.3, 0.4) is 0 Å². The Labute approximate surface area is 306 Å². The Bertz CT molecular complexity index is 1870. The van der Waals surface area contributed by atoms with Gasteiger partial charge in [0.1, 0.15) is 5.57 Å². The SMILES string of the molecule is CN/C(=C(\C(=O)Nc1cccc(C(F)(F)F)c1)C(=O)NC1CC(C)C(CN(C)C)C1)c1ccnn1-c1ccc(C#N)cc1.COSc1ccccc1. The number of amides is 2. The first-order valence-electron chi connectivity index (χ1n) is 16.5. The molecule has 2 amide bonds. The van der Waals surface area contributed by atoms with Gasteiger partial charge in [0.05, 0.1) is 47.6 Å². The zero-order chi connectivity index (χ0) is 37.8. The smallest absolute Gasteiger partial charge is 0.386 e. The molecular formula is C38H42F3N7O3S. The van der Waals surface area contributed by atoms with E-state index in [1.54, 1.807) is 44.5 Å². The first-order valence-corrected chi connectivity index (χ1v) is 17.3.